The smallest absolute Gasteiger partial charge is 0.129 e. The highest BCUT2D eigenvalue weighted by Crippen LogP contribution is 2.40. The average molecular weight is 673 g/mol. The second-order valence-corrected chi connectivity index (χ2v) is 14.3. The third-order valence-corrected chi connectivity index (χ3v) is 11.2. The van der Waals surface area contributed by atoms with E-state index in [-0.39, 0.29) is 28.8 Å². The molecule has 254 valence electrons. The summed E-state index contributed by atoms with van der Waals surface area (Å²) >= 11 is 1.45. The van der Waals surface area contributed by atoms with Crippen LogP contribution in [0.5, 0.6) is 5.75 Å². The van der Waals surface area contributed by atoms with Gasteiger partial charge < -0.3 is 30.5 Å². The van der Waals surface area contributed by atoms with Crippen LogP contribution in [-0.2, 0) is 11.2 Å². The van der Waals surface area contributed by atoms with Gasteiger partial charge in [-0.1, -0.05) is 18.2 Å². The molecule has 7 nitrogen and oxygen atoms in total. The minimum Gasteiger partial charge on any atom is -0.489 e. The minimum absolute atomic E-state index is 0.0338. The molecule has 5 N–H and O–H groups in total. The van der Waals surface area contributed by atoms with Gasteiger partial charge >= 0.3 is 0 Å². The number of benzene rings is 3. The van der Waals surface area contributed by atoms with Crippen molar-refractivity contribution in [2.45, 2.75) is 86.4 Å². The lowest BCUT2D eigenvalue weighted by molar-refractivity contribution is -0.0910. The number of hydrogen-bond donors (Lipinski definition) is 4. The van der Waals surface area contributed by atoms with Crippen LogP contribution in [0.3, 0.4) is 0 Å². The van der Waals surface area contributed by atoms with E-state index in [4.69, 9.17) is 15.2 Å². The van der Waals surface area contributed by atoms with E-state index < -0.39 is 48.0 Å². The van der Waals surface area contributed by atoms with E-state index in [9.17, 15) is 24.1 Å². The second kappa shape index (κ2) is 14.5. The molecule has 3 fully saturated rings. The number of nitrogens with two attached hydrogens (primary N) is 1. The summed E-state index contributed by atoms with van der Waals surface area (Å²) in [5, 5.41) is 31.4. The molecule has 0 aromatic heterocycles. The Morgan fingerprint density at radius 2 is 1.70 bits per heavy atom. The summed E-state index contributed by atoms with van der Waals surface area (Å²) in [5.41, 5.74) is 9.42. The van der Waals surface area contributed by atoms with E-state index in [2.05, 4.69) is 4.90 Å². The topological polar surface area (TPSA) is 108 Å². The van der Waals surface area contributed by atoms with Gasteiger partial charge in [0.05, 0.1) is 18.8 Å². The van der Waals surface area contributed by atoms with E-state index in [1.54, 1.807) is 13.0 Å². The summed E-state index contributed by atoms with van der Waals surface area (Å²) < 4.78 is 55.4. The molecular formula is C36H43F3N2O5S. The lowest BCUT2D eigenvalue weighted by atomic mass is 9.76. The zero-order valence-corrected chi connectivity index (χ0v) is 27.4. The fourth-order valence-corrected chi connectivity index (χ4v) is 8.28. The summed E-state index contributed by atoms with van der Waals surface area (Å²) in [4.78, 5) is 2.28. The molecule has 9 atom stereocenters. The van der Waals surface area contributed by atoms with Gasteiger partial charge in [-0.2, -0.15) is 11.8 Å². The molecule has 0 radical (unpaired) electrons. The number of rotatable bonds is 8. The third-order valence-electron chi connectivity index (χ3n) is 10.1. The normalized spacial score (nSPS) is 31.6. The summed E-state index contributed by atoms with van der Waals surface area (Å²) in [6.07, 6.45) is -0.0375. The highest BCUT2D eigenvalue weighted by molar-refractivity contribution is 7.99. The predicted octanol–water partition coefficient (Wildman–Crippen LogP) is 4.62. The standard InChI is InChI=1S/C36H43F3N2O5S/c1-19-11-30(39)21(13-26(19)27-16-32(47-2)34(43)35(44)33(27)42)12-20-3-6-24(7-4-20)46-25-9-10-41(17-25)23-15-31(40)36(45-18-23)28-14-22(37)5-8-29(28)38/h3-8,11,13-14,23,25,27,31-36,42-44H,9-10,12,15-18,40H2,1-2H3/t23-,25-,27+,31+,32+,33+,34-,35-,36-/m1/s1. The van der Waals surface area contributed by atoms with Gasteiger partial charge in [0.25, 0.3) is 0 Å². The van der Waals surface area contributed by atoms with Gasteiger partial charge in [-0.3, -0.25) is 4.90 Å². The van der Waals surface area contributed by atoms with Crippen molar-refractivity contribution in [2.75, 3.05) is 26.0 Å². The van der Waals surface area contributed by atoms with Crippen LogP contribution < -0.4 is 10.5 Å². The van der Waals surface area contributed by atoms with Gasteiger partial charge in [-0.25, -0.2) is 13.2 Å². The minimum atomic E-state index is -1.27. The van der Waals surface area contributed by atoms with E-state index in [1.807, 2.05) is 30.5 Å². The first-order valence-electron chi connectivity index (χ1n) is 16.2. The van der Waals surface area contributed by atoms with Crippen LogP contribution in [0.15, 0.2) is 54.6 Å². The summed E-state index contributed by atoms with van der Waals surface area (Å²) in [5.74, 6) is -1.08. The van der Waals surface area contributed by atoms with Gasteiger partial charge in [0, 0.05) is 48.3 Å². The number of hydrogen-bond acceptors (Lipinski definition) is 8. The van der Waals surface area contributed by atoms with Crippen LogP contribution in [-0.4, -0.2) is 87.9 Å². The van der Waals surface area contributed by atoms with Crippen LogP contribution in [0, 0.1) is 24.4 Å². The van der Waals surface area contributed by atoms with Crippen molar-refractivity contribution < 1.29 is 38.0 Å². The Labute approximate surface area is 277 Å². The van der Waals surface area contributed by atoms with Gasteiger partial charge in [-0.15, -0.1) is 0 Å². The predicted molar refractivity (Wildman–Crippen MR) is 175 cm³/mol. The fourth-order valence-electron chi connectivity index (χ4n) is 7.44. The van der Waals surface area contributed by atoms with E-state index in [1.165, 1.54) is 17.8 Å². The van der Waals surface area contributed by atoms with Gasteiger partial charge in [0.15, 0.2) is 0 Å². The molecule has 2 heterocycles. The highest BCUT2D eigenvalue weighted by atomic mass is 32.2. The molecule has 11 heteroatoms. The monoisotopic (exact) mass is 672 g/mol. The zero-order chi connectivity index (χ0) is 33.4. The quantitative estimate of drug-likeness (QED) is 0.275. The Bertz CT molecular complexity index is 1550. The molecule has 0 unspecified atom stereocenters. The maximum atomic E-state index is 15.1. The molecule has 1 saturated carbocycles. The van der Waals surface area contributed by atoms with Crippen LogP contribution in [0.2, 0.25) is 0 Å². The molecular weight excluding hydrogens is 629 g/mol. The Balaban J connectivity index is 1.05. The maximum absolute atomic E-state index is 15.1. The van der Waals surface area contributed by atoms with Crippen molar-refractivity contribution in [1.82, 2.24) is 4.90 Å². The average Bonchev–Trinajstić information content (AvgIpc) is 3.52. The second-order valence-electron chi connectivity index (χ2n) is 13.2. The summed E-state index contributed by atoms with van der Waals surface area (Å²) in [6, 6.07) is 13.8. The zero-order valence-electron chi connectivity index (χ0n) is 26.6. The Hall–Kier alpha value is -2.64. The SMILES string of the molecule is CS[C@H]1C[C@@H](c2cc(Cc3ccc(O[C@@H]4CCN([C@H]5CO[C@H](c6cc(F)ccc6F)[C@@H](N)C5)C4)cc3)c(F)cc2C)[C@H](O)[C@@H](O)[C@@H]1O. The molecule has 3 aromatic rings. The molecule has 3 aromatic carbocycles. The lowest BCUT2D eigenvalue weighted by Crippen LogP contribution is -2.51. The molecule has 2 aliphatic heterocycles. The summed E-state index contributed by atoms with van der Waals surface area (Å²) in [6.45, 7) is 3.67. The fraction of sp³-hybridized carbons (Fsp3) is 0.500. The maximum Gasteiger partial charge on any atom is 0.129 e. The first kappa shape index (κ1) is 34.2. The highest BCUT2D eigenvalue weighted by Gasteiger charge is 2.43. The number of nitrogens with zero attached hydrogens (tertiary/aromatic N) is 1. The van der Waals surface area contributed by atoms with Crippen molar-refractivity contribution >= 4 is 11.8 Å². The lowest BCUT2D eigenvalue weighted by Gasteiger charge is -2.40. The van der Waals surface area contributed by atoms with Crippen LogP contribution >= 0.6 is 11.8 Å². The van der Waals surface area contributed by atoms with Crippen LogP contribution in [0.25, 0.3) is 0 Å². The van der Waals surface area contributed by atoms with Crippen LogP contribution in [0.1, 0.15) is 59.1 Å². The van der Waals surface area contributed by atoms with Crippen molar-refractivity contribution in [3.8, 4) is 5.75 Å². The number of likely N-dealkylation sites (tertiary alicyclic amines) is 1. The van der Waals surface area contributed by atoms with Gasteiger partial charge in [0.1, 0.15) is 41.5 Å². The van der Waals surface area contributed by atoms with Gasteiger partial charge in [-0.05, 0) is 91.1 Å². The number of ether oxygens (including phenoxy) is 2. The molecule has 2 saturated heterocycles. The molecule has 3 aliphatic rings. The van der Waals surface area contributed by atoms with Crippen molar-refractivity contribution in [2.24, 2.45) is 5.73 Å². The largest absolute Gasteiger partial charge is 0.489 e. The Kier molecular flexibility index (Phi) is 10.5. The first-order chi connectivity index (χ1) is 22.5. The number of aliphatic hydroxyl groups is 3. The Morgan fingerprint density at radius 1 is 0.936 bits per heavy atom. The van der Waals surface area contributed by atoms with Gasteiger partial charge in [0.2, 0.25) is 0 Å². The number of thioether (sulfide) groups is 1. The molecule has 0 spiro atoms. The van der Waals surface area contributed by atoms with E-state index >= 15 is 4.39 Å². The molecule has 0 bridgehead atoms. The first-order valence-corrected chi connectivity index (χ1v) is 17.5. The molecule has 47 heavy (non-hydrogen) atoms. The van der Waals surface area contributed by atoms with Crippen molar-refractivity contribution in [3.05, 3.63) is 99.9 Å². The third kappa shape index (κ3) is 7.36. The molecule has 0 amide bonds. The molecule has 6 rings (SSSR count). The van der Waals surface area contributed by atoms with Crippen molar-refractivity contribution in [1.29, 1.82) is 0 Å². The summed E-state index contributed by atoms with van der Waals surface area (Å²) in [7, 11) is 0. The van der Waals surface area contributed by atoms with Crippen molar-refractivity contribution in [3.63, 3.8) is 0 Å². The Morgan fingerprint density at radius 3 is 2.43 bits per heavy atom. The molecule has 1 aliphatic carbocycles. The van der Waals surface area contributed by atoms with E-state index in [0.717, 1.165) is 42.3 Å². The number of aliphatic hydroxyl groups excluding tert-OH is 3. The number of aryl methyl sites for hydroxylation is 1. The van der Waals surface area contributed by atoms with E-state index in [0.29, 0.717) is 49.3 Å². The van der Waals surface area contributed by atoms with Crippen LogP contribution in [0.4, 0.5) is 13.2 Å². The number of halogens is 3.